The Bertz CT molecular complexity index is 1140. The lowest BCUT2D eigenvalue weighted by Crippen LogP contribution is -2.29. The summed E-state index contributed by atoms with van der Waals surface area (Å²) >= 11 is 1.37. The molecule has 1 aromatic carbocycles. The van der Waals surface area contributed by atoms with Crippen molar-refractivity contribution in [3.8, 4) is 0 Å². The number of hydrogen-bond donors (Lipinski definition) is 4. The van der Waals surface area contributed by atoms with Crippen LogP contribution in [-0.2, 0) is 16.1 Å². The van der Waals surface area contributed by atoms with Gasteiger partial charge in [-0.3, -0.25) is 9.59 Å². The fourth-order valence-corrected chi connectivity index (χ4v) is 3.98. The third kappa shape index (κ3) is 5.15. The molecule has 0 fully saturated rings. The van der Waals surface area contributed by atoms with Crippen molar-refractivity contribution in [3.05, 3.63) is 52.1 Å². The molecule has 30 heavy (non-hydrogen) atoms. The monoisotopic (exact) mass is 430 g/mol. The van der Waals surface area contributed by atoms with Gasteiger partial charge in [0.25, 0.3) is 5.56 Å². The predicted molar refractivity (Wildman–Crippen MR) is 115 cm³/mol. The zero-order valence-corrected chi connectivity index (χ0v) is 17.3. The van der Waals surface area contributed by atoms with Crippen LogP contribution in [0.3, 0.4) is 0 Å². The molecule has 3 rings (SSSR count). The van der Waals surface area contributed by atoms with Gasteiger partial charge in [-0.1, -0.05) is 6.07 Å². The molecule has 4 N–H and O–H groups in total. The van der Waals surface area contributed by atoms with Gasteiger partial charge in [0, 0.05) is 20.0 Å². The van der Waals surface area contributed by atoms with E-state index >= 15 is 0 Å². The van der Waals surface area contributed by atoms with Gasteiger partial charge in [0.2, 0.25) is 0 Å². The molecular formula is C20H22N4O5S. The first kappa shape index (κ1) is 21.3. The van der Waals surface area contributed by atoms with Crippen LogP contribution >= 0.6 is 11.3 Å². The average Bonchev–Trinajstić information content (AvgIpc) is 3.14. The third-order valence-corrected chi connectivity index (χ3v) is 5.67. The Balaban J connectivity index is 1.71. The molecule has 0 amide bonds. The van der Waals surface area contributed by atoms with Crippen LogP contribution in [0.4, 0.5) is 10.0 Å². The number of carbonyl (C=O) groups is 2. The summed E-state index contributed by atoms with van der Waals surface area (Å²) < 4.78 is 0. The standard InChI is InChI=1S/C20H22N4O5S/c1-11-21-14-4-3-12(9-13(14)19(27)22-11)10-24(2)17-7-6-16(30-17)23-15(20(28)29)5-8-18(25)26/h3-4,6-7,9,15,23H,5,8,10H2,1-2H3,(H,25,26)(H,28,29)(H,21,22,27)/t15-/m0/s1. The molecule has 2 aromatic heterocycles. The Morgan fingerprint density at radius 2 is 2.03 bits per heavy atom. The summed E-state index contributed by atoms with van der Waals surface area (Å²) in [7, 11) is 1.90. The quantitative estimate of drug-likeness (QED) is 0.407. The van der Waals surface area contributed by atoms with E-state index < -0.39 is 18.0 Å². The van der Waals surface area contributed by atoms with E-state index in [0.717, 1.165) is 10.6 Å². The average molecular weight is 430 g/mol. The zero-order chi connectivity index (χ0) is 21.8. The first-order valence-electron chi connectivity index (χ1n) is 9.24. The summed E-state index contributed by atoms with van der Waals surface area (Å²) in [5, 5.41) is 23.0. The number of aromatic amines is 1. The molecule has 0 bridgehead atoms. The summed E-state index contributed by atoms with van der Waals surface area (Å²) in [5.41, 5.74) is 1.41. The van der Waals surface area contributed by atoms with Crippen molar-refractivity contribution in [3.63, 3.8) is 0 Å². The first-order valence-corrected chi connectivity index (χ1v) is 10.1. The van der Waals surface area contributed by atoms with Gasteiger partial charge in [-0.25, -0.2) is 9.78 Å². The van der Waals surface area contributed by atoms with Crippen molar-refractivity contribution in [1.29, 1.82) is 0 Å². The number of carboxylic acid groups (broad SMARTS) is 2. The fraction of sp³-hybridized carbons (Fsp3) is 0.300. The van der Waals surface area contributed by atoms with Crippen molar-refractivity contribution in [1.82, 2.24) is 9.97 Å². The highest BCUT2D eigenvalue weighted by atomic mass is 32.1. The number of nitrogens with zero attached hydrogens (tertiary/aromatic N) is 2. The minimum absolute atomic E-state index is 0.00706. The topological polar surface area (TPSA) is 136 Å². The Labute approximate surface area is 176 Å². The Kier molecular flexibility index (Phi) is 6.36. The van der Waals surface area contributed by atoms with Crippen LogP contribution in [0.25, 0.3) is 10.9 Å². The van der Waals surface area contributed by atoms with Gasteiger partial charge in [-0.15, -0.1) is 11.3 Å². The number of thiophene rings is 1. The fourth-order valence-electron chi connectivity index (χ4n) is 3.06. The Morgan fingerprint density at radius 3 is 2.73 bits per heavy atom. The van der Waals surface area contributed by atoms with E-state index in [-0.39, 0.29) is 18.4 Å². The number of anilines is 2. The second-order valence-corrected chi connectivity index (χ2v) is 8.03. The molecule has 2 heterocycles. The number of fused-ring (bicyclic) bond motifs is 1. The van der Waals surface area contributed by atoms with E-state index in [1.165, 1.54) is 11.3 Å². The highest BCUT2D eigenvalue weighted by Gasteiger charge is 2.19. The maximum absolute atomic E-state index is 12.2. The van der Waals surface area contributed by atoms with Crippen LogP contribution in [0.15, 0.2) is 35.1 Å². The Morgan fingerprint density at radius 1 is 1.27 bits per heavy atom. The van der Waals surface area contributed by atoms with Gasteiger partial charge >= 0.3 is 11.9 Å². The van der Waals surface area contributed by atoms with Crippen molar-refractivity contribution in [2.75, 3.05) is 17.3 Å². The maximum Gasteiger partial charge on any atom is 0.326 e. The number of benzene rings is 1. The second kappa shape index (κ2) is 8.95. The highest BCUT2D eigenvalue weighted by Crippen LogP contribution is 2.31. The minimum atomic E-state index is -1.09. The highest BCUT2D eigenvalue weighted by molar-refractivity contribution is 7.20. The van der Waals surface area contributed by atoms with E-state index in [1.54, 1.807) is 13.0 Å². The molecule has 10 heteroatoms. The predicted octanol–water partition coefficient (Wildman–Crippen LogP) is 2.66. The molecule has 0 saturated carbocycles. The van der Waals surface area contributed by atoms with E-state index in [1.807, 2.05) is 36.2 Å². The van der Waals surface area contributed by atoms with Crippen molar-refractivity contribution in [2.24, 2.45) is 0 Å². The number of nitrogens with one attached hydrogen (secondary N) is 2. The van der Waals surface area contributed by atoms with Gasteiger partial charge < -0.3 is 25.4 Å². The van der Waals surface area contributed by atoms with E-state index in [4.69, 9.17) is 5.11 Å². The van der Waals surface area contributed by atoms with Crippen molar-refractivity contribution in [2.45, 2.75) is 32.4 Å². The van der Waals surface area contributed by atoms with E-state index in [0.29, 0.717) is 28.3 Å². The number of aryl methyl sites for hydroxylation is 1. The molecule has 9 nitrogen and oxygen atoms in total. The largest absolute Gasteiger partial charge is 0.481 e. The van der Waals surface area contributed by atoms with Gasteiger partial charge in [0.15, 0.2) is 0 Å². The lowest BCUT2D eigenvalue weighted by atomic mass is 10.1. The second-order valence-electron chi connectivity index (χ2n) is 6.96. The zero-order valence-electron chi connectivity index (χ0n) is 16.5. The van der Waals surface area contributed by atoms with Gasteiger partial charge in [-0.2, -0.15) is 0 Å². The molecule has 0 aliphatic rings. The van der Waals surface area contributed by atoms with Crippen molar-refractivity contribution >= 4 is 44.2 Å². The van der Waals surface area contributed by atoms with Crippen LogP contribution in [0.1, 0.15) is 24.2 Å². The lowest BCUT2D eigenvalue weighted by molar-refractivity contribution is -0.139. The van der Waals surface area contributed by atoms with Crippen LogP contribution < -0.4 is 15.8 Å². The molecule has 158 valence electrons. The molecule has 3 aromatic rings. The minimum Gasteiger partial charge on any atom is -0.481 e. The summed E-state index contributed by atoms with van der Waals surface area (Å²) in [4.78, 5) is 43.3. The molecular weight excluding hydrogens is 408 g/mol. The van der Waals surface area contributed by atoms with Crippen LogP contribution in [0.5, 0.6) is 0 Å². The number of aliphatic carboxylic acids is 2. The van der Waals surface area contributed by atoms with Gasteiger partial charge in [0.1, 0.15) is 11.9 Å². The number of carboxylic acids is 2. The Hall–Kier alpha value is -3.40. The molecule has 0 unspecified atom stereocenters. The maximum atomic E-state index is 12.2. The molecule has 0 aliphatic carbocycles. The SMILES string of the molecule is Cc1nc2ccc(CN(C)c3ccc(N[C@@H](CCC(=O)O)C(=O)O)s3)cc2c(=O)[nH]1. The summed E-state index contributed by atoms with van der Waals surface area (Å²) in [5.74, 6) is -1.56. The number of hydrogen-bond acceptors (Lipinski definition) is 7. The van der Waals surface area contributed by atoms with Gasteiger partial charge in [-0.05, 0) is 43.2 Å². The number of aromatic nitrogens is 2. The molecule has 0 aliphatic heterocycles. The molecule has 1 atom stereocenters. The molecule has 0 spiro atoms. The third-order valence-electron chi connectivity index (χ3n) is 4.54. The van der Waals surface area contributed by atoms with Crippen LogP contribution in [-0.4, -0.2) is 45.2 Å². The van der Waals surface area contributed by atoms with Crippen LogP contribution in [0.2, 0.25) is 0 Å². The van der Waals surface area contributed by atoms with Gasteiger partial charge in [0.05, 0.1) is 20.9 Å². The van der Waals surface area contributed by atoms with E-state index in [2.05, 4.69) is 15.3 Å². The molecule has 0 radical (unpaired) electrons. The summed E-state index contributed by atoms with van der Waals surface area (Å²) in [6, 6.07) is 8.22. The van der Waals surface area contributed by atoms with Crippen LogP contribution in [0, 0.1) is 6.92 Å². The lowest BCUT2D eigenvalue weighted by Gasteiger charge is -2.17. The number of H-pyrrole nitrogens is 1. The summed E-state index contributed by atoms with van der Waals surface area (Å²) in [6.07, 6.45) is -0.232. The molecule has 0 saturated heterocycles. The van der Waals surface area contributed by atoms with Crippen molar-refractivity contribution < 1.29 is 19.8 Å². The first-order chi connectivity index (χ1) is 14.2. The number of rotatable bonds is 9. The van der Waals surface area contributed by atoms with E-state index in [9.17, 15) is 19.5 Å². The normalized spacial score (nSPS) is 11.9. The smallest absolute Gasteiger partial charge is 0.326 e. The summed E-state index contributed by atoms with van der Waals surface area (Å²) in [6.45, 7) is 2.28.